The fourth-order valence-corrected chi connectivity index (χ4v) is 3.38. The minimum absolute atomic E-state index is 0.0228. The molecule has 10 heteroatoms. The molecule has 0 aromatic heterocycles. The maximum atomic E-state index is 13.2. The van der Waals surface area contributed by atoms with Crippen molar-refractivity contribution in [3.8, 4) is 0 Å². The van der Waals surface area contributed by atoms with Gasteiger partial charge in [-0.05, 0) is 30.3 Å². The van der Waals surface area contributed by atoms with Gasteiger partial charge in [0, 0.05) is 6.07 Å². The Bertz CT molecular complexity index is 942. The number of sulfonamides is 1. The third-order valence-electron chi connectivity index (χ3n) is 3.35. The molecule has 1 saturated heterocycles. The second-order valence-electron chi connectivity index (χ2n) is 5.15. The van der Waals surface area contributed by atoms with E-state index in [1.165, 1.54) is 24.3 Å². The zero-order valence-electron chi connectivity index (χ0n) is 12.5. The molecule has 0 radical (unpaired) electrons. The van der Waals surface area contributed by atoms with Crippen LogP contribution in [-0.4, -0.2) is 26.9 Å². The highest BCUT2D eigenvalue weighted by molar-refractivity contribution is 7.92. The zero-order valence-corrected chi connectivity index (χ0v) is 13.3. The van der Waals surface area contributed by atoms with Crippen LogP contribution in [0, 0.1) is 11.6 Å². The lowest BCUT2D eigenvalue weighted by atomic mass is 10.2. The third kappa shape index (κ3) is 3.43. The standard InChI is InChI=1S/C15H11F2N3O4S/c16-9-4-10(17)6-13(5-9)25(23,24)19-11-2-1-3-12(7-11)20-14(21)8-18-15(20)22/h1-7,19H,8H2,(H,18,22). The maximum Gasteiger partial charge on any atom is 0.329 e. The molecule has 0 saturated carbocycles. The summed E-state index contributed by atoms with van der Waals surface area (Å²) in [7, 11) is -4.26. The summed E-state index contributed by atoms with van der Waals surface area (Å²) >= 11 is 0. The monoisotopic (exact) mass is 367 g/mol. The summed E-state index contributed by atoms with van der Waals surface area (Å²) in [4.78, 5) is 23.6. The van der Waals surface area contributed by atoms with Gasteiger partial charge in [0.15, 0.2) is 0 Å². The molecule has 1 aliphatic rings. The number of halogens is 2. The number of hydrogen-bond acceptors (Lipinski definition) is 4. The summed E-state index contributed by atoms with van der Waals surface area (Å²) in [6.07, 6.45) is 0. The van der Waals surface area contributed by atoms with Crippen molar-refractivity contribution in [3.63, 3.8) is 0 Å². The summed E-state index contributed by atoms with van der Waals surface area (Å²) < 4.78 is 53.1. The Labute approximate surface area is 141 Å². The van der Waals surface area contributed by atoms with Crippen molar-refractivity contribution < 1.29 is 26.8 Å². The molecule has 25 heavy (non-hydrogen) atoms. The van der Waals surface area contributed by atoms with Gasteiger partial charge < -0.3 is 5.32 Å². The van der Waals surface area contributed by atoms with Crippen LogP contribution in [0.15, 0.2) is 47.4 Å². The van der Waals surface area contributed by atoms with Gasteiger partial charge in [0.2, 0.25) is 0 Å². The second-order valence-corrected chi connectivity index (χ2v) is 6.83. The minimum Gasteiger partial charge on any atom is -0.328 e. The molecule has 2 aromatic rings. The average Bonchev–Trinajstić information content (AvgIpc) is 2.85. The molecule has 0 atom stereocenters. The van der Waals surface area contributed by atoms with Crippen LogP contribution >= 0.6 is 0 Å². The SMILES string of the molecule is O=C1CNC(=O)N1c1cccc(NS(=O)(=O)c2cc(F)cc(F)c2)c1. The number of rotatable bonds is 4. The highest BCUT2D eigenvalue weighted by Gasteiger charge is 2.30. The van der Waals surface area contributed by atoms with E-state index in [-0.39, 0.29) is 17.9 Å². The Morgan fingerprint density at radius 2 is 1.72 bits per heavy atom. The lowest BCUT2D eigenvalue weighted by Crippen LogP contribution is -2.30. The van der Waals surface area contributed by atoms with Crippen molar-refractivity contribution in [2.24, 2.45) is 0 Å². The fourth-order valence-electron chi connectivity index (χ4n) is 2.29. The molecule has 3 amide bonds. The molecule has 1 heterocycles. The van der Waals surface area contributed by atoms with E-state index in [2.05, 4.69) is 10.0 Å². The van der Waals surface area contributed by atoms with Crippen molar-refractivity contribution in [1.29, 1.82) is 0 Å². The molecule has 0 bridgehead atoms. The number of nitrogens with one attached hydrogen (secondary N) is 2. The Kier molecular flexibility index (Phi) is 4.13. The first-order valence-corrected chi connectivity index (χ1v) is 8.44. The van der Waals surface area contributed by atoms with Crippen LogP contribution in [0.3, 0.4) is 0 Å². The normalized spacial score (nSPS) is 14.6. The number of imide groups is 1. The Morgan fingerprint density at radius 1 is 1.04 bits per heavy atom. The molecule has 2 N–H and O–H groups in total. The number of hydrogen-bond donors (Lipinski definition) is 2. The molecular weight excluding hydrogens is 356 g/mol. The van der Waals surface area contributed by atoms with Crippen LogP contribution in [0.2, 0.25) is 0 Å². The number of amides is 3. The number of nitrogens with zero attached hydrogens (tertiary/aromatic N) is 1. The maximum absolute atomic E-state index is 13.2. The average molecular weight is 367 g/mol. The quantitative estimate of drug-likeness (QED) is 0.806. The van der Waals surface area contributed by atoms with Gasteiger partial charge in [0.25, 0.3) is 15.9 Å². The predicted molar refractivity (Wildman–Crippen MR) is 84.5 cm³/mol. The molecular formula is C15H11F2N3O4S. The molecule has 1 fully saturated rings. The Morgan fingerprint density at radius 3 is 2.32 bits per heavy atom. The second kappa shape index (κ2) is 6.13. The van der Waals surface area contributed by atoms with E-state index in [4.69, 9.17) is 0 Å². The van der Waals surface area contributed by atoms with Crippen LogP contribution in [-0.2, 0) is 14.8 Å². The van der Waals surface area contributed by atoms with Gasteiger partial charge in [-0.1, -0.05) is 6.07 Å². The number of benzene rings is 2. The number of carbonyl (C=O) groups excluding carboxylic acids is 2. The van der Waals surface area contributed by atoms with E-state index in [1.54, 1.807) is 0 Å². The van der Waals surface area contributed by atoms with Gasteiger partial charge >= 0.3 is 6.03 Å². The van der Waals surface area contributed by atoms with Crippen LogP contribution < -0.4 is 14.9 Å². The number of carbonyl (C=O) groups is 2. The van der Waals surface area contributed by atoms with Gasteiger partial charge in [-0.25, -0.2) is 26.9 Å². The van der Waals surface area contributed by atoms with Gasteiger partial charge in [0.05, 0.1) is 22.8 Å². The summed E-state index contributed by atoms with van der Waals surface area (Å²) in [5.74, 6) is -2.56. The van der Waals surface area contributed by atoms with Crippen molar-refractivity contribution in [2.75, 3.05) is 16.2 Å². The lowest BCUT2D eigenvalue weighted by molar-refractivity contribution is -0.115. The number of urea groups is 1. The van der Waals surface area contributed by atoms with Crippen molar-refractivity contribution in [2.45, 2.75) is 4.90 Å². The van der Waals surface area contributed by atoms with Gasteiger partial charge in [0.1, 0.15) is 11.6 Å². The van der Waals surface area contributed by atoms with Crippen molar-refractivity contribution in [3.05, 3.63) is 54.1 Å². The Hall–Kier alpha value is -3.01. The first-order chi connectivity index (χ1) is 11.8. The Balaban J connectivity index is 1.91. The molecule has 0 aliphatic carbocycles. The predicted octanol–water partition coefficient (Wildman–Crippen LogP) is 1.82. The van der Waals surface area contributed by atoms with Gasteiger partial charge in [-0.15, -0.1) is 0 Å². The molecule has 0 spiro atoms. The van der Waals surface area contributed by atoms with Crippen LogP contribution in [0.4, 0.5) is 25.0 Å². The summed E-state index contributed by atoms with van der Waals surface area (Å²) in [5, 5.41) is 2.34. The zero-order chi connectivity index (χ0) is 18.2. The van der Waals surface area contributed by atoms with E-state index in [0.29, 0.717) is 18.2 Å². The van der Waals surface area contributed by atoms with Gasteiger partial charge in [-0.3, -0.25) is 9.52 Å². The molecule has 2 aromatic carbocycles. The first-order valence-electron chi connectivity index (χ1n) is 6.96. The summed E-state index contributed by atoms with van der Waals surface area (Å²) in [6.45, 7) is -0.155. The highest BCUT2D eigenvalue weighted by Crippen LogP contribution is 2.24. The smallest absolute Gasteiger partial charge is 0.328 e. The third-order valence-corrected chi connectivity index (χ3v) is 4.71. The summed E-state index contributed by atoms with van der Waals surface area (Å²) in [5.41, 5.74) is 0.181. The highest BCUT2D eigenvalue weighted by atomic mass is 32.2. The van der Waals surface area contributed by atoms with Gasteiger partial charge in [-0.2, -0.15) is 0 Å². The van der Waals surface area contributed by atoms with Crippen LogP contribution in [0.1, 0.15) is 0 Å². The topological polar surface area (TPSA) is 95.6 Å². The van der Waals surface area contributed by atoms with E-state index in [1.807, 2.05) is 0 Å². The van der Waals surface area contributed by atoms with E-state index < -0.39 is 38.5 Å². The van der Waals surface area contributed by atoms with Crippen LogP contribution in [0.5, 0.6) is 0 Å². The molecule has 130 valence electrons. The largest absolute Gasteiger partial charge is 0.329 e. The van der Waals surface area contributed by atoms with Crippen LogP contribution in [0.25, 0.3) is 0 Å². The number of anilines is 2. The minimum atomic E-state index is -4.26. The fraction of sp³-hybridized carbons (Fsp3) is 0.0667. The molecule has 0 unspecified atom stereocenters. The van der Waals surface area contributed by atoms with E-state index in [9.17, 15) is 26.8 Å². The molecule has 3 rings (SSSR count). The first kappa shape index (κ1) is 16.8. The molecule has 7 nitrogen and oxygen atoms in total. The van der Waals surface area contributed by atoms with E-state index >= 15 is 0 Å². The van der Waals surface area contributed by atoms with E-state index in [0.717, 1.165) is 4.90 Å². The molecule has 1 aliphatic heterocycles. The lowest BCUT2D eigenvalue weighted by Gasteiger charge is -2.14. The summed E-state index contributed by atoms with van der Waals surface area (Å²) in [6, 6.07) is 6.78. The van der Waals surface area contributed by atoms with Crippen molar-refractivity contribution in [1.82, 2.24) is 5.32 Å². The van der Waals surface area contributed by atoms with Crippen molar-refractivity contribution >= 4 is 33.3 Å².